The molecule has 40 heavy (non-hydrogen) atoms. The highest BCUT2D eigenvalue weighted by molar-refractivity contribution is 5.91. The van der Waals surface area contributed by atoms with Crippen molar-refractivity contribution >= 4 is 42.6 Å². The molecule has 0 rings (SSSR count). The van der Waals surface area contributed by atoms with E-state index in [1.165, 1.54) is 0 Å². The number of rotatable bonds is 24. The van der Waals surface area contributed by atoms with E-state index in [1.807, 2.05) is 0 Å². The summed E-state index contributed by atoms with van der Waals surface area (Å²) >= 11 is 0. The second kappa shape index (κ2) is 24.1. The molecule has 0 fully saturated rings. The minimum atomic E-state index is -0.906. The second-order valence-corrected chi connectivity index (χ2v) is 8.27. The van der Waals surface area contributed by atoms with Crippen LogP contribution in [0.5, 0.6) is 0 Å². The van der Waals surface area contributed by atoms with Gasteiger partial charge in [0.15, 0.2) is 0 Å². The summed E-state index contributed by atoms with van der Waals surface area (Å²) in [6.45, 7) is 4.58. The number of hydrogen-bond donors (Lipinski definition) is 6. The monoisotopic (exact) mass is 574 g/mol. The van der Waals surface area contributed by atoms with Crippen LogP contribution >= 0.6 is 0 Å². The molecule has 228 valence electrons. The molecule has 6 amide bonds. The zero-order chi connectivity index (χ0) is 30.0. The van der Waals surface area contributed by atoms with Crippen LogP contribution in [0.3, 0.4) is 0 Å². The zero-order valence-electron chi connectivity index (χ0n) is 23.1. The molecule has 0 aliphatic rings. The first-order valence-electron chi connectivity index (χ1n) is 13.1. The molecule has 0 bridgehead atoms. The highest BCUT2D eigenvalue weighted by atomic mass is 16.6. The number of alkyl carbamates (subject to hydrolysis) is 2. The van der Waals surface area contributed by atoms with Gasteiger partial charge < -0.3 is 46.1 Å². The van der Waals surface area contributed by atoms with Crippen LogP contribution in [0.4, 0.5) is 9.59 Å². The van der Waals surface area contributed by atoms with Gasteiger partial charge in [0, 0.05) is 71.1 Å². The van der Waals surface area contributed by atoms with Crippen LogP contribution in [0.25, 0.3) is 0 Å². The highest BCUT2D eigenvalue weighted by Gasteiger charge is 2.24. The molecule has 0 aromatic carbocycles. The Labute approximate surface area is 233 Å². The van der Waals surface area contributed by atoms with Crippen molar-refractivity contribution in [3.8, 4) is 0 Å². The Kier molecular flexibility index (Phi) is 21.7. The van der Waals surface area contributed by atoms with Crippen molar-refractivity contribution in [1.29, 1.82) is 0 Å². The summed E-state index contributed by atoms with van der Waals surface area (Å²) < 4.78 is 15.7. The summed E-state index contributed by atoms with van der Waals surface area (Å²) in [5.74, 6) is -2.15. The van der Waals surface area contributed by atoms with Crippen molar-refractivity contribution in [2.24, 2.45) is 5.92 Å². The molecule has 16 nitrogen and oxygen atoms in total. The van der Waals surface area contributed by atoms with Crippen molar-refractivity contribution < 1.29 is 47.8 Å². The lowest BCUT2D eigenvalue weighted by Gasteiger charge is -2.19. The lowest BCUT2D eigenvalue weighted by molar-refractivity contribution is -0.132. The van der Waals surface area contributed by atoms with E-state index in [0.717, 1.165) is 0 Å². The van der Waals surface area contributed by atoms with E-state index in [0.29, 0.717) is 25.9 Å². The Morgan fingerprint density at radius 1 is 0.700 bits per heavy atom. The van der Waals surface area contributed by atoms with E-state index in [4.69, 9.17) is 14.2 Å². The fourth-order valence-corrected chi connectivity index (χ4v) is 3.13. The van der Waals surface area contributed by atoms with Crippen molar-refractivity contribution in [2.75, 3.05) is 59.1 Å². The van der Waals surface area contributed by atoms with Crippen LogP contribution in [-0.2, 0) is 38.2 Å². The minimum Gasteiger partial charge on any atom is -0.447 e. The van der Waals surface area contributed by atoms with Gasteiger partial charge in [0.05, 0.1) is 0 Å². The first-order chi connectivity index (χ1) is 19.3. The van der Waals surface area contributed by atoms with Gasteiger partial charge in [-0.15, -0.1) is 0 Å². The van der Waals surface area contributed by atoms with Gasteiger partial charge in [0.1, 0.15) is 25.1 Å². The smallest absolute Gasteiger partial charge is 0.407 e. The lowest BCUT2D eigenvalue weighted by atomic mass is 9.92. The van der Waals surface area contributed by atoms with Crippen LogP contribution in [0.2, 0.25) is 0 Å². The van der Waals surface area contributed by atoms with E-state index in [1.54, 1.807) is 13.8 Å². The summed E-state index contributed by atoms with van der Waals surface area (Å²) in [5.41, 5.74) is 0. The molecule has 0 aromatic rings. The minimum absolute atomic E-state index is 0.00824. The molecular formula is C24H42N6O10. The molecule has 0 saturated carbocycles. The molecular weight excluding hydrogens is 532 g/mol. The predicted octanol–water partition coefficient (Wildman–Crippen LogP) is -1.67. The third-order valence-electron chi connectivity index (χ3n) is 5.03. The molecule has 0 atom stereocenters. The van der Waals surface area contributed by atoms with Gasteiger partial charge in [-0.05, 0) is 20.3 Å². The number of Topliss-reactive ketones (excluding diaryl/α,β-unsaturated/α-hetero) is 1. The molecule has 16 heteroatoms. The molecule has 0 heterocycles. The number of ether oxygens (including phenoxy) is 3. The second-order valence-electron chi connectivity index (χ2n) is 8.27. The third kappa shape index (κ3) is 20.1. The van der Waals surface area contributed by atoms with E-state index in [9.17, 15) is 33.6 Å². The fourth-order valence-electron chi connectivity index (χ4n) is 3.13. The van der Waals surface area contributed by atoms with E-state index in [-0.39, 0.29) is 77.5 Å². The summed E-state index contributed by atoms with van der Waals surface area (Å²) in [7, 11) is 0. The summed E-state index contributed by atoms with van der Waals surface area (Å²) in [6.07, 6.45) is -1.36. The van der Waals surface area contributed by atoms with Crippen LogP contribution in [0.15, 0.2) is 0 Å². The van der Waals surface area contributed by atoms with Crippen LogP contribution in [0.1, 0.15) is 39.5 Å². The molecule has 0 aliphatic heterocycles. The number of carbonyl (C=O) groups excluding carboxylic acids is 7. The van der Waals surface area contributed by atoms with Crippen LogP contribution in [0, 0.1) is 5.92 Å². The average Bonchev–Trinajstić information content (AvgIpc) is 2.92. The van der Waals surface area contributed by atoms with Gasteiger partial charge in [-0.2, -0.15) is 0 Å². The van der Waals surface area contributed by atoms with Gasteiger partial charge >= 0.3 is 12.2 Å². The largest absolute Gasteiger partial charge is 0.447 e. The lowest BCUT2D eigenvalue weighted by Crippen LogP contribution is -2.37. The Bertz CT molecular complexity index is 746. The van der Waals surface area contributed by atoms with Gasteiger partial charge in [0.2, 0.25) is 24.6 Å². The Balaban J connectivity index is 4.93. The number of nitrogens with one attached hydrogen (secondary N) is 6. The van der Waals surface area contributed by atoms with E-state index < -0.39 is 36.0 Å². The Hall–Kier alpha value is -3.95. The molecule has 0 saturated heterocycles. The molecule has 0 aliphatic carbocycles. The van der Waals surface area contributed by atoms with Gasteiger partial charge in [-0.3, -0.25) is 24.0 Å². The third-order valence-corrected chi connectivity index (χ3v) is 5.03. The SMILES string of the molecule is CCNC(=O)OCC(COC(=O)NCC)OCCCC(=O)C(CC(=O)NCCNC=O)CC(=O)NCCNC=O. The standard InChI is InChI=1S/C24H42N6O10/c1-3-27-23(36)39-14-19(15-40-24(37)28-4-2)38-11-5-6-20(33)18(12-21(34)29-9-7-25-16-31)13-22(35)30-10-8-26-17-32/h16-19H,3-15H2,1-2H3,(H,25,31)(H,26,32)(H,27,36)(H,28,37)(H,29,34)(H,30,35). The van der Waals surface area contributed by atoms with Crippen molar-refractivity contribution in [2.45, 2.75) is 45.6 Å². The van der Waals surface area contributed by atoms with Crippen LogP contribution in [-0.4, -0.2) is 108 Å². The van der Waals surface area contributed by atoms with Crippen molar-refractivity contribution in [3.63, 3.8) is 0 Å². The molecule has 0 spiro atoms. The van der Waals surface area contributed by atoms with E-state index >= 15 is 0 Å². The molecule has 6 N–H and O–H groups in total. The Morgan fingerprint density at radius 3 is 1.60 bits per heavy atom. The summed E-state index contributed by atoms with van der Waals surface area (Å²) in [5, 5.41) is 14.9. The first-order valence-corrected chi connectivity index (χ1v) is 13.1. The van der Waals surface area contributed by atoms with E-state index in [2.05, 4.69) is 31.9 Å². The molecule has 0 unspecified atom stereocenters. The van der Waals surface area contributed by atoms with Crippen LogP contribution < -0.4 is 31.9 Å². The first kappa shape index (κ1) is 36.0. The van der Waals surface area contributed by atoms with Gasteiger partial charge in [-0.25, -0.2) is 9.59 Å². The molecule has 0 radical (unpaired) electrons. The maximum Gasteiger partial charge on any atom is 0.407 e. The maximum atomic E-state index is 12.9. The van der Waals surface area contributed by atoms with Gasteiger partial charge in [-0.1, -0.05) is 0 Å². The predicted molar refractivity (Wildman–Crippen MR) is 141 cm³/mol. The van der Waals surface area contributed by atoms with Crippen molar-refractivity contribution in [1.82, 2.24) is 31.9 Å². The quantitative estimate of drug-likeness (QED) is 0.0569. The number of ketones is 1. The fraction of sp³-hybridized carbons (Fsp3) is 0.708. The summed E-state index contributed by atoms with van der Waals surface area (Å²) in [6, 6.07) is 0. The normalized spacial score (nSPS) is 10.3. The topological polar surface area (TPSA) is 219 Å². The van der Waals surface area contributed by atoms with Gasteiger partial charge in [0.25, 0.3) is 0 Å². The average molecular weight is 575 g/mol. The Morgan fingerprint density at radius 2 is 1.18 bits per heavy atom. The van der Waals surface area contributed by atoms with Crippen molar-refractivity contribution in [3.05, 3.63) is 0 Å². The highest BCUT2D eigenvalue weighted by Crippen LogP contribution is 2.14. The maximum absolute atomic E-state index is 12.9. The summed E-state index contributed by atoms with van der Waals surface area (Å²) in [4.78, 5) is 81.3. The number of amides is 6. The molecule has 0 aromatic heterocycles. The number of carbonyl (C=O) groups is 7. The number of hydrogen-bond acceptors (Lipinski definition) is 10. The zero-order valence-corrected chi connectivity index (χ0v) is 23.1.